The molecule has 128 valence electrons. The summed E-state index contributed by atoms with van der Waals surface area (Å²) in [4.78, 5) is 7.24. The summed E-state index contributed by atoms with van der Waals surface area (Å²) >= 11 is 1.76. The number of benzene rings is 2. The Morgan fingerprint density at radius 3 is 2.40 bits per heavy atom. The summed E-state index contributed by atoms with van der Waals surface area (Å²) in [5, 5.41) is 1.07. The van der Waals surface area contributed by atoms with Crippen molar-refractivity contribution < 1.29 is 0 Å². The SMILES string of the molecule is Cc1cc2nc(C=Cc3ccc(N4CCCCC4)cc3)sc2cc1C. The summed E-state index contributed by atoms with van der Waals surface area (Å²) in [6.07, 6.45) is 8.30. The highest BCUT2D eigenvalue weighted by atomic mass is 32.1. The first-order chi connectivity index (χ1) is 12.2. The third-order valence-electron chi connectivity index (χ3n) is 5.05. The molecule has 4 rings (SSSR count). The van der Waals surface area contributed by atoms with E-state index in [0.29, 0.717) is 0 Å². The zero-order chi connectivity index (χ0) is 17.2. The molecule has 0 aliphatic carbocycles. The first-order valence-electron chi connectivity index (χ1n) is 9.10. The standard InChI is InChI=1S/C22H24N2S/c1-16-14-20-21(15-17(16)2)25-22(23-20)11-8-18-6-9-19(10-7-18)24-12-4-3-5-13-24/h6-11,14-15H,3-5,12-13H2,1-2H3. The van der Waals surface area contributed by atoms with Gasteiger partial charge < -0.3 is 4.90 Å². The molecular weight excluding hydrogens is 324 g/mol. The Hall–Kier alpha value is -2.13. The maximum atomic E-state index is 4.74. The van der Waals surface area contributed by atoms with Crippen LogP contribution in [0.1, 0.15) is 41.0 Å². The van der Waals surface area contributed by atoms with Crippen LogP contribution in [0.2, 0.25) is 0 Å². The number of aromatic nitrogens is 1. The van der Waals surface area contributed by atoms with Gasteiger partial charge in [0.1, 0.15) is 5.01 Å². The maximum absolute atomic E-state index is 4.74. The lowest BCUT2D eigenvalue weighted by Gasteiger charge is -2.28. The van der Waals surface area contributed by atoms with Gasteiger partial charge in [0.15, 0.2) is 0 Å². The van der Waals surface area contributed by atoms with Gasteiger partial charge in [-0.2, -0.15) is 0 Å². The number of piperidine rings is 1. The molecule has 2 heterocycles. The van der Waals surface area contributed by atoms with Crippen LogP contribution in [0.25, 0.3) is 22.4 Å². The van der Waals surface area contributed by atoms with Gasteiger partial charge in [0.05, 0.1) is 10.2 Å². The van der Waals surface area contributed by atoms with Crippen molar-refractivity contribution >= 4 is 39.4 Å². The van der Waals surface area contributed by atoms with E-state index in [2.05, 4.69) is 67.3 Å². The molecule has 0 unspecified atom stereocenters. The van der Waals surface area contributed by atoms with Gasteiger partial charge in [0, 0.05) is 18.8 Å². The van der Waals surface area contributed by atoms with Crippen molar-refractivity contribution in [3.8, 4) is 0 Å². The average molecular weight is 349 g/mol. The second-order valence-electron chi connectivity index (χ2n) is 6.93. The van der Waals surface area contributed by atoms with E-state index in [-0.39, 0.29) is 0 Å². The molecule has 0 radical (unpaired) electrons. The third-order valence-corrected chi connectivity index (χ3v) is 6.04. The molecule has 0 spiro atoms. The van der Waals surface area contributed by atoms with E-state index in [1.807, 2.05) is 0 Å². The van der Waals surface area contributed by atoms with E-state index in [1.54, 1.807) is 11.3 Å². The van der Waals surface area contributed by atoms with E-state index in [1.165, 1.54) is 59.4 Å². The van der Waals surface area contributed by atoms with Crippen LogP contribution in [-0.2, 0) is 0 Å². The predicted octanol–water partition coefficient (Wildman–Crippen LogP) is 6.07. The molecule has 1 aliphatic heterocycles. The highest BCUT2D eigenvalue weighted by molar-refractivity contribution is 7.19. The molecule has 2 aromatic carbocycles. The monoisotopic (exact) mass is 348 g/mol. The number of thiazole rings is 1. The lowest BCUT2D eigenvalue weighted by atomic mass is 10.1. The second-order valence-corrected chi connectivity index (χ2v) is 7.99. The van der Waals surface area contributed by atoms with E-state index in [4.69, 9.17) is 4.98 Å². The summed E-state index contributed by atoms with van der Waals surface area (Å²) in [6.45, 7) is 6.70. The minimum absolute atomic E-state index is 1.07. The van der Waals surface area contributed by atoms with Gasteiger partial charge in [0.2, 0.25) is 0 Å². The Morgan fingerprint density at radius 2 is 1.64 bits per heavy atom. The zero-order valence-corrected chi connectivity index (χ0v) is 15.8. The predicted molar refractivity (Wildman–Crippen MR) is 111 cm³/mol. The smallest absolute Gasteiger partial charge is 0.117 e. The Morgan fingerprint density at radius 1 is 0.920 bits per heavy atom. The van der Waals surface area contributed by atoms with Crippen molar-refractivity contribution in [3.63, 3.8) is 0 Å². The molecule has 0 N–H and O–H groups in total. The molecule has 3 aromatic rings. The number of hydrogen-bond acceptors (Lipinski definition) is 3. The third kappa shape index (κ3) is 3.62. The number of anilines is 1. The van der Waals surface area contributed by atoms with Crippen LogP contribution >= 0.6 is 11.3 Å². The summed E-state index contributed by atoms with van der Waals surface area (Å²) in [7, 11) is 0. The normalized spacial score (nSPS) is 15.4. The van der Waals surface area contributed by atoms with Crippen molar-refractivity contribution in [2.75, 3.05) is 18.0 Å². The quantitative estimate of drug-likeness (QED) is 0.571. The van der Waals surface area contributed by atoms with Crippen molar-refractivity contribution in [3.05, 3.63) is 58.1 Å². The van der Waals surface area contributed by atoms with Gasteiger partial charge in [-0.25, -0.2) is 4.98 Å². The molecule has 0 saturated carbocycles. The summed E-state index contributed by atoms with van der Waals surface area (Å²) in [6, 6.07) is 13.3. The van der Waals surface area contributed by atoms with Gasteiger partial charge >= 0.3 is 0 Å². The Balaban J connectivity index is 1.51. The van der Waals surface area contributed by atoms with E-state index in [0.717, 1.165) is 10.5 Å². The Labute approximate surface area is 153 Å². The molecule has 1 saturated heterocycles. The van der Waals surface area contributed by atoms with Gasteiger partial charge in [0.25, 0.3) is 0 Å². The second kappa shape index (κ2) is 7.01. The first kappa shape index (κ1) is 16.3. The minimum Gasteiger partial charge on any atom is -0.372 e. The summed E-state index contributed by atoms with van der Waals surface area (Å²) in [5.41, 5.74) is 6.32. The fourth-order valence-corrected chi connectivity index (χ4v) is 4.34. The van der Waals surface area contributed by atoms with E-state index >= 15 is 0 Å². The van der Waals surface area contributed by atoms with Gasteiger partial charge in [-0.15, -0.1) is 11.3 Å². The Kier molecular flexibility index (Phi) is 4.58. The van der Waals surface area contributed by atoms with Gasteiger partial charge in [-0.1, -0.05) is 18.2 Å². The largest absolute Gasteiger partial charge is 0.372 e. The van der Waals surface area contributed by atoms with Crippen LogP contribution in [0.5, 0.6) is 0 Å². The van der Waals surface area contributed by atoms with Crippen molar-refractivity contribution in [2.45, 2.75) is 33.1 Å². The van der Waals surface area contributed by atoms with Gasteiger partial charge in [-0.05, 0) is 80.1 Å². The zero-order valence-electron chi connectivity index (χ0n) is 15.0. The molecule has 0 bridgehead atoms. The van der Waals surface area contributed by atoms with Gasteiger partial charge in [-0.3, -0.25) is 0 Å². The molecular formula is C22H24N2S. The number of aryl methyl sites for hydroxylation is 2. The summed E-state index contributed by atoms with van der Waals surface area (Å²) in [5.74, 6) is 0. The molecule has 3 heteroatoms. The fourth-order valence-electron chi connectivity index (χ4n) is 3.38. The van der Waals surface area contributed by atoms with Crippen LogP contribution < -0.4 is 4.90 Å². The van der Waals surface area contributed by atoms with Crippen LogP contribution in [0.3, 0.4) is 0 Å². The van der Waals surface area contributed by atoms with Crippen molar-refractivity contribution in [2.24, 2.45) is 0 Å². The Bertz CT molecular complexity index is 861. The van der Waals surface area contributed by atoms with Crippen LogP contribution in [0.4, 0.5) is 5.69 Å². The maximum Gasteiger partial charge on any atom is 0.117 e. The van der Waals surface area contributed by atoms with Crippen LogP contribution in [0, 0.1) is 13.8 Å². The van der Waals surface area contributed by atoms with E-state index < -0.39 is 0 Å². The fraction of sp³-hybridized carbons (Fsp3) is 0.318. The van der Waals surface area contributed by atoms with Crippen molar-refractivity contribution in [1.82, 2.24) is 4.98 Å². The lowest BCUT2D eigenvalue weighted by molar-refractivity contribution is 0.578. The molecule has 0 atom stereocenters. The number of rotatable bonds is 3. The number of hydrogen-bond donors (Lipinski definition) is 0. The molecule has 1 fully saturated rings. The van der Waals surface area contributed by atoms with Crippen molar-refractivity contribution in [1.29, 1.82) is 0 Å². The average Bonchev–Trinajstić information content (AvgIpc) is 3.03. The highest BCUT2D eigenvalue weighted by Gasteiger charge is 2.10. The molecule has 25 heavy (non-hydrogen) atoms. The molecule has 1 aliphatic rings. The van der Waals surface area contributed by atoms with E-state index in [9.17, 15) is 0 Å². The number of fused-ring (bicyclic) bond motifs is 1. The number of nitrogens with zero attached hydrogens (tertiary/aromatic N) is 2. The minimum atomic E-state index is 1.07. The van der Waals surface area contributed by atoms with Crippen LogP contribution in [-0.4, -0.2) is 18.1 Å². The topological polar surface area (TPSA) is 16.1 Å². The molecule has 0 amide bonds. The lowest BCUT2D eigenvalue weighted by Crippen LogP contribution is -2.29. The molecule has 2 nitrogen and oxygen atoms in total. The molecule has 1 aromatic heterocycles. The van der Waals surface area contributed by atoms with Crippen LogP contribution in [0.15, 0.2) is 36.4 Å². The highest BCUT2D eigenvalue weighted by Crippen LogP contribution is 2.27. The first-order valence-corrected chi connectivity index (χ1v) is 9.91. The summed E-state index contributed by atoms with van der Waals surface area (Å²) < 4.78 is 1.27.